The standard InChI is InChI=1S/C6H7N3OS/c7-2-1-4(8)5-3-6(10)9-11-5/h3-4H,1,8H2,(H,9,10)/t4-/m0/s1. The number of aromatic nitrogens is 1. The van der Waals surface area contributed by atoms with Crippen LogP contribution in [0.1, 0.15) is 17.3 Å². The molecule has 0 fully saturated rings. The van der Waals surface area contributed by atoms with E-state index >= 15 is 0 Å². The molecule has 0 saturated carbocycles. The number of hydrogen-bond acceptors (Lipinski definition) is 4. The fourth-order valence-electron chi connectivity index (χ4n) is 0.679. The highest BCUT2D eigenvalue weighted by Gasteiger charge is 2.07. The Labute approximate surface area is 67.4 Å². The fourth-order valence-corrected chi connectivity index (χ4v) is 1.36. The van der Waals surface area contributed by atoms with Gasteiger partial charge in [0.1, 0.15) is 0 Å². The minimum Gasteiger partial charge on any atom is -0.322 e. The summed E-state index contributed by atoms with van der Waals surface area (Å²) in [6.45, 7) is 0. The summed E-state index contributed by atoms with van der Waals surface area (Å²) < 4.78 is 2.50. The van der Waals surface area contributed by atoms with Gasteiger partial charge in [-0.25, -0.2) is 0 Å². The van der Waals surface area contributed by atoms with Crippen molar-refractivity contribution in [3.05, 3.63) is 21.3 Å². The van der Waals surface area contributed by atoms with Gasteiger partial charge in [0, 0.05) is 10.9 Å². The van der Waals surface area contributed by atoms with Gasteiger partial charge in [0.2, 0.25) is 0 Å². The number of nitrogens with one attached hydrogen (secondary N) is 1. The molecule has 1 aromatic heterocycles. The van der Waals surface area contributed by atoms with E-state index in [4.69, 9.17) is 11.0 Å². The number of nitrogens with zero attached hydrogens (tertiary/aromatic N) is 1. The first-order valence-corrected chi connectivity index (χ1v) is 3.86. The summed E-state index contributed by atoms with van der Waals surface area (Å²) in [4.78, 5) is 11.3. The van der Waals surface area contributed by atoms with E-state index in [-0.39, 0.29) is 18.0 Å². The Hall–Kier alpha value is -1.12. The Morgan fingerprint density at radius 1 is 1.91 bits per heavy atom. The van der Waals surface area contributed by atoms with Crippen LogP contribution in [-0.4, -0.2) is 4.37 Å². The number of nitriles is 1. The van der Waals surface area contributed by atoms with Crippen molar-refractivity contribution in [3.8, 4) is 6.07 Å². The lowest BCUT2D eigenvalue weighted by Gasteiger charge is -1.99. The second-order valence-electron chi connectivity index (χ2n) is 2.08. The molecule has 0 spiro atoms. The molecule has 0 radical (unpaired) electrons. The maximum Gasteiger partial charge on any atom is 0.258 e. The topological polar surface area (TPSA) is 82.7 Å². The van der Waals surface area contributed by atoms with Crippen LogP contribution in [-0.2, 0) is 0 Å². The average Bonchev–Trinajstić information content (AvgIpc) is 2.36. The summed E-state index contributed by atoms with van der Waals surface area (Å²) in [6.07, 6.45) is 0.244. The Bertz CT molecular complexity index is 321. The van der Waals surface area contributed by atoms with Gasteiger partial charge in [-0.05, 0) is 0 Å². The van der Waals surface area contributed by atoms with Crippen LogP contribution in [0, 0.1) is 11.3 Å². The van der Waals surface area contributed by atoms with Gasteiger partial charge >= 0.3 is 0 Å². The molecule has 1 atom stereocenters. The quantitative estimate of drug-likeness (QED) is 0.670. The van der Waals surface area contributed by atoms with Gasteiger partial charge in [-0.3, -0.25) is 9.17 Å². The summed E-state index contributed by atoms with van der Waals surface area (Å²) >= 11 is 1.18. The lowest BCUT2D eigenvalue weighted by molar-refractivity contribution is 0.764. The van der Waals surface area contributed by atoms with Crippen molar-refractivity contribution < 1.29 is 0 Å². The van der Waals surface area contributed by atoms with Gasteiger partial charge in [-0.2, -0.15) is 5.26 Å². The molecular formula is C6H7N3OS. The average molecular weight is 169 g/mol. The first-order chi connectivity index (χ1) is 5.24. The molecule has 11 heavy (non-hydrogen) atoms. The molecule has 0 amide bonds. The largest absolute Gasteiger partial charge is 0.322 e. The molecule has 0 bridgehead atoms. The third-order valence-electron chi connectivity index (χ3n) is 1.22. The van der Waals surface area contributed by atoms with Crippen molar-refractivity contribution in [1.29, 1.82) is 5.26 Å². The lowest BCUT2D eigenvalue weighted by atomic mass is 10.2. The zero-order valence-corrected chi connectivity index (χ0v) is 6.52. The number of rotatable bonds is 2. The maximum atomic E-state index is 10.6. The molecule has 1 rings (SSSR count). The second-order valence-corrected chi connectivity index (χ2v) is 2.96. The third-order valence-corrected chi connectivity index (χ3v) is 2.18. The summed E-state index contributed by atoms with van der Waals surface area (Å²) in [7, 11) is 0. The van der Waals surface area contributed by atoms with E-state index in [1.54, 1.807) is 0 Å². The van der Waals surface area contributed by atoms with Gasteiger partial charge in [0.05, 0.1) is 18.5 Å². The SMILES string of the molecule is N#CC[C@H](N)c1cc(=O)[nH]s1. The van der Waals surface area contributed by atoms with Crippen LogP contribution in [0.25, 0.3) is 0 Å². The highest BCUT2D eigenvalue weighted by atomic mass is 32.1. The number of H-pyrrole nitrogens is 1. The first-order valence-electron chi connectivity index (χ1n) is 3.05. The van der Waals surface area contributed by atoms with Crippen LogP contribution in [0.3, 0.4) is 0 Å². The lowest BCUT2D eigenvalue weighted by Crippen LogP contribution is -2.07. The molecule has 1 aromatic rings. The van der Waals surface area contributed by atoms with E-state index < -0.39 is 0 Å². The minimum atomic E-state index is -0.330. The number of aromatic amines is 1. The van der Waals surface area contributed by atoms with E-state index in [0.717, 1.165) is 4.88 Å². The highest BCUT2D eigenvalue weighted by Crippen LogP contribution is 2.13. The van der Waals surface area contributed by atoms with Gasteiger partial charge in [-0.1, -0.05) is 11.5 Å². The van der Waals surface area contributed by atoms with E-state index in [9.17, 15) is 4.79 Å². The van der Waals surface area contributed by atoms with Gasteiger partial charge in [0.25, 0.3) is 5.56 Å². The molecule has 1 heterocycles. The molecule has 0 aliphatic rings. The molecule has 0 saturated heterocycles. The molecule has 58 valence electrons. The van der Waals surface area contributed by atoms with Crippen LogP contribution in [0.5, 0.6) is 0 Å². The Balaban J connectivity index is 2.78. The van der Waals surface area contributed by atoms with Crippen LogP contribution in [0.2, 0.25) is 0 Å². The van der Waals surface area contributed by atoms with Crippen LogP contribution < -0.4 is 11.3 Å². The molecule has 4 nitrogen and oxygen atoms in total. The zero-order valence-electron chi connectivity index (χ0n) is 5.70. The third kappa shape index (κ3) is 1.90. The monoisotopic (exact) mass is 169 g/mol. The van der Waals surface area contributed by atoms with E-state index in [2.05, 4.69) is 4.37 Å². The Morgan fingerprint density at radius 3 is 3.09 bits per heavy atom. The second kappa shape index (κ2) is 3.32. The maximum absolute atomic E-state index is 10.6. The van der Waals surface area contributed by atoms with Crippen LogP contribution in [0.4, 0.5) is 0 Å². The fraction of sp³-hybridized carbons (Fsp3) is 0.333. The molecule has 0 aliphatic carbocycles. The minimum absolute atomic E-state index is 0.154. The van der Waals surface area contributed by atoms with Crippen molar-refractivity contribution >= 4 is 11.5 Å². The van der Waals surface area contributed by atoms with Crippen LogP contribution >= 0.6 is 11.5 Å². The van der Waals surface area contributed by atoms with E-state index in [1.165, 1.54) is 17.6 Å². The van der Waals surface area contributed by atoms with Crippen molar-refractivity contribution in [2.75, 3.05) is 0 Å². The van der Waals surface area contributed by atoms with Crippen molar-refractivity contribution in [3.63, 3.8) is 0 Å². The Kier molecular flexibility index (Phi) is 2.41. The van der Waals surface area contributed by atoms with Crippen molar-refractivity contribution in [2.45, 2.75) is 12.5 Å². The first kappa shape index (κ1) is 7.98. The predicted octanol–water partition coefficient (Wildman–Crippen LogP) is 0.350. The van der Waals surface area contributed by atoms with Crippen LogP contribution in [0.15, 0.2) is 10.9 Å². The molecule has 0 unspecified atom stereocenters. The van der Waals surface area contributed by atoms with E-state index in [1.807, 2.05) is 6.07 Å². The smallest absolute Gasteiger partial charge is 0.258 e. The molecule has 0 aliphatic heterocycles. The summed E-state index contributed by atoms with van der Waals surface area (Å²) in [5.74, 6) is 0. The van der Waals surface area contributed by atoms with Gasteiger partial charge < -0.3 is 5.73 Å². The zero-order chi connectivity index (χ0) is 8.27. The number of nitrogens with two attached hydrogens (primary N) is 1. The molecular weight excluding hydrogens is 162 g/mol. The molecule has 5 heteroatoms. The van der Waals surface area contributed by atoms with E-state index in [0.29, 0.717) is 0 Å². The van der Waals surface area contributed by atoms with Gasteiger partial charge in [0.15, 0.2) is 0 Å². The van der Waals surface area contributed by atoms with Gasteiger partial charge in [-0.15, -0.1) is 0 Å². The Morgan fingerprint density at radius 2 is 2.64 bits per heavy atom. The number of hydrogen-bond donors (Lipinski definition) is 2. The highest BCUT2D eigenvalue weighted by molar-refractivity contribution is 7.05. The summed E-state index contributed by atoms with van der Waals surface area (Å²) in [5, 5.41) is 8.29. The molecule has 3 N–H and O–H groups in total. The normalized spacial score (nSPS) is 12.4. The van der Waals surface area contributed by atoms with Crippen molar-refractivity contribution in [1.82, 2.24) is 4.37 Å². The van der Waals surface area contributed by atoms with Crippen molar-refractivity contribution in [2.24, 2.45) is 5.73 Å². The predicted molar refractivity (Wildman–Crippen MR) is 42.1 cm³/mol. The summed E-state index contributed by atoms with van der Waals surface area (Å²) in [5.41, 5.74) is 5.39. The molecule has 0 aromatic carbocycles. The summed E-state index contributed by atoms with van der Waals surface area (Å²) in [6, 6.07) is 3.03.